The zero-order valence-electron chi connectivity index (χ0n) is 17.4. The van der Waals surface area contributed by atoms with Crippen LogP contribution in [0.2, 0.25) is 0 Å². The Morgan fingerprint density at radius 1 is 1.38 bits per heavy atom. The molecule has 0 radical (unpaired) electrons. The number of nitrogens with zero attached hydrogens (tertiary/aromatic N) is 1. The summed E-state index contributed by atoms with van der Waals surface area (Å²) in [5.41, 5.74) is 0.426. The summed E-state index contributed by atoms with van der Waals surface area (Å²) in [5, 5.41) is 11.8. The summed E-state index contributed by atoms with van der Waals surface area (Å²) >= 11 is 0. The molecule has 2 N–H and O–H groups in total. The number of carbonyl (C=O) groups is 2. The van der Waals surface area contributed by atoms with E-state index in [-0.39, 0.29) is 5.82 Å². The molecule has 1 aliphatic carbocycles. The standard InChI is InChI=1S/C22H31FN2O4/c1-5-12-25(19-14-17(19)15-8-10-16(23)11-9-15)13-6-7-18(20(26)27)24-21(28)29-22(2,3)4/h5,8-11,17-19H,1,6-7,12-14H2,2-4H3,(H,24,28)(H,26,27)/t17-,18?,19?/m0/s1. The van der Waals surface area contributed by atoms with Gasteiger partial charge in [0, 0.05) is 18.5 Å². The van der Waals surface area contributed by atoms with Crippen molar-refractivity contribution in [3.8, 4) is 0 Å². The van der Waals surface area contributed by atoms with Crippen LogP contribution in [0.5, 0.6) is 0 Å². The molecule has 3 atom stereocenters. The van der Waals surface area contributed by atoms with Gasteiger partial charge in [-0.15, -0.1) is 6.58 Å². The first-order valence-electron chi connectivity index (χ1n) is 9.93. The van der Waals surface area contributed by atoms with Crippen LogP contribution in [0.1, 0.15) is 51.5 Å². The van der Waals surface area contributed by atoms with Crippen LogP contribution in [-0.2, 0) is 9.53 Å². The minimum absolute atomic E-state index is 0.244. The van der Waals surface area contributed by atoms with E-state index in [1.54, 1.807) is 20.8 Å². The molecule has 0 heterocycles. The second-order valence-corrected chi connectivity index (χ2v) is 8.42. The van der Waals surface area contributed by atoms with Crippen LogP contribution in [-0.4, -0.2) is 52.8 Å². The van der Waals surface area contributed by atoms with E-state index in [1.165, 1.54) is 12.1 Å². The quantitative estimate of drug-likeness (QED) is 0.576. The maximum Gasteiger partial charge on any atom is 0.408 e. The van der Waals surface area contributed by atoms with Crippen molar-refractivity contribution >= 4 is 12.1 Å². The monoisotopic (exact) mass is 406 g/mol. The third-order valence-electron chi connectivity index (χ3n) is 4.81. The first-order valence-corrected chi connectivity index (χ1v) is 9.93. The predicted octanol–water partition coefficient (Wildman–Crippen LogP) is 3.93. The first-order chi connectivity index (χ1) is 13.6. The van der Waals surface area contributed by atoms with Gasteiger partial charge in [0.2, 0.25) is 0 Å². The average molecular weight is 406 g/mol. The minimum Gasteiger partial charge on any atom is -0.480 e. The fourth-order valence-electron chi connectivity index (χ4n) is 3.42. The Bertz CT molecular complexity index is 715. The van der Waals surface area contributed by atoms with Gasteiger partial charge in [-0.25, -0.2) is 14.0 Å². The molecule has 1 aromatic carbocycles. The van der Waals surface area contributed by atoms with Crippen molar-refractivity contribution in [2.24, 2.45) is 0 Å². The number of benzene rings is 1. The van der Waals surface area contributed by atoms with Gasteiger partial charge >= 0.3 is 12.1 Å². The number of halogens is 1. The van der Waals surface area contributed by atoms with Gasteiger partial charge in [0.05, 0.1) is 0 Å². The van der Waals surface area contributed by atoms with E-state index in [9.17, 15) is 19.1 Å². The van der Waals surface area contributed by atoms with Crippen molar-refractivity contribution in [3.63, 3.8) is 0 Å². The Hall–Kier alpha value is -2.41. The van der Waals surface area contributed by atoms with Crippen molar-refractivity contribution < 1.29 is 23.8 Å². The van der Waals surface area contributed by atoms with Crippen LogP contribution in [0, 0.1) is 5.82 Å². The Kier molecular flexibility index (Phi) is 7.79. The molecule has 160 valence electrons. The van der Waals surface area contributed by atoms with Gasteiger partial charge in [0.1, 0.15) is 17.5 Å². The third kappa shape index (κ3) is 7.49. The number of amides is 1. The van der Waals surface area contributed by atoms with E-state index in [2.05, 4.69) is 16.8 Å². The molecule has 1 aromatic rings. The Morgan fingerprint density at radius 3 is 2.59 bits per heavy atom. The number of ether oxygens (including phenoxy) is 1. The summed E-state index contributed by atoms with van der Waals surface area (Å²) in [6, 6.07) is 5.92. The summed E-state index contributed by atoms with van der Waals surface area (Å²) in [4.78, 5) is 25.6. The molecule has 29 heavy (non-hydrogen) atoms. The summed E-state index contributed by atoms with van der Waals surface area (Å²) in [5.74, 6) is -0.974. The van der Waals surface area contributed by atoms with Crippen molar-refractivity contribution in [1.82, 2.24) is 10.2 Å². The molecule has 0 aromatic heterocycles. The molecular formula is C22H31FN2O4. The SMILES string of the molecule is C=CCN(CCCC(NC(=O)OC(C)(C)C)C(=O)O)C1C[C@H]1c1ccc(F)cc1. The van der Waals surface area contributed by atoms with Gasteiger partial charge < -0.3 is 15.2 Å². The molecule has 2 unspecified atom stereocenters. The molecule has 6 nitrogen and oxygen atoms in total. The highest BCUT2D eigenvalue weighted by molar-refractivity contribution is 5.79. The van der Waals surface area contributed by atoms with Crippen molar-refractivity contribution in [3.05, 3.63) is 48.3 Å². The van der Waals surface area contributed by atoms with Gasteiger partial charge in [-0.1, -0.05) is 18.2 Å². The molecule has 7 heteroatoms. The number of aliphatic carboxylic acids is 1. The second kappa shape index (κ2) is 9.87. The lowest BCUT2D eigenvalue weighted by Gasteiger charge is -2.24. The topological polar surface area (TPSA) is 78.9 Å². The van der Waals surface area contributed by atoms with Crippen LogP contribution < -0.4 is 5.32 Å². The van der Waals surface area contributed by atoms with Crippen molar-refractivity contribution in [2.75, 3.05) is 13.1 Å². The van der Waals surface area contributed by atoms with Gasteiger partial charge in [0.15, 0.2) is 0 Å². The average Bonchev–Trinajstić information content (AvgIpc) is 3.39. The molecule has 0 saturated heterocycles. The second-order valence-electron chi connectivity index (χ2n) is 8.42. The molecule has 0 bridgehead atoms. The maximum absolute atomic E-state index is 13.1. The van der Waals surface area contributed by atoms with Gasteiger partial charge in [-0.3, -0.25) is 4.90 Å². The first kappa shape index (κ1) is 22.9. The highest BCUT2D eigenvalue weighted by Crippen LogP contribution is 2.44. The highest BCUT2D eigenvalue weighted by Gasteiger charge is 2.42. The van der Waals surface area contributed by atoms with Crippen LogP contribution in [0.15, 0.2) is 36.9 Å². The molecule has 1 saturated carbocycles. The van der Waals surface area contributed by atoms with E-state index in [4.69, 9.17) is 4.74 Å². The molecule has 1 aliphatic rings. The number of hydrogen-bond donors (Lipinski definition) is 2. The van der Waals surface area contributed by atoms with Crippen LogP contribution in [0.3, 0.4) is 0 Å². The normalized spacial score (nSPS) is 19.5. The number of rotatable bonds is 10. The fourth-order valence-corrected chi connectivity index (χ4v) is 3.42. The molecule has 1 amide bonds. The molecule has 1 fully saturated rings. The maximum atomic E-state index is 13.1. The number of carboxylic acid groups (broad SMARTS) is 1. The largest absolute Gasteiger partial charge is 0.480 e. The van der Waals surface area contributed by atoms with Crippen molar-refractivity contribution in [1.29, 1.82) is 0 Å². The predicted molar refractivity (Wildman–Crippen MR) is 109 cm³/mol. The Labute approximate surface area is 171 Å². The van der Waals surface area contributed by atoms with Gasteiger partial charge in [-0.2, -0.15) is 0 Å². The lowest BCUT2D eigenvalue weighted by Crippen LogP contribution is -2.43. The van der Waals surface area contributed by atoms with E-state index in [1.807, 2.05) is 18.2 Å². The third-order valence-corrected chi connectivity index (χ3v) is 4.81. The zero-order chi connectivity index (χ0) is 21.6. The molecule has 0 aliphatic heterocycles. The summed E-state index contributed by atoms with van der Waals surface area (Å²) < 4.78 is 18.3. The molecule has 2 rings (SSSR count). The van der Waals surface area contributed by atoms with E-state index in [0.29, 0.717) is 37.9 Å². The Balaban J connectivity index is 1.86. The minimum atomic E-state index is -1.08. The Morgan fingerprint density at radius 2 is 2.03 bits per heavy atom. The lowest BCUT2D eigenvalue weighted by atomic mass is 10.1. The van der Waals surface area contributed by atoms with Crippen molar-refractivity contribution in [2.45, 2.75) is 63.6 Å². The smallest absolute Gasteiger partial charge is 0.408 e. The van der Waals surface area contributed by atoms with E-state index >= 15 is 0 Å². The molecule has 0 spiro atoms. The van der Waals surface area contributed by atoms with E-state index in [0.717, 1.165) is 12.0 Å². The summed E-state index contributed by atoms with van der Waals surface area (Å²) in [6.45, 7) is 10.4. The van der Waals surface area contributed by atoms with Crippen LogP contribution >= 0.6 is 0 Å². The van der Waals surface area contributed by atoms with E-state index < -0.39 is 23.7 Å². The summed E-state index contributed by atoms with van der Waals surface area (Å²) in [7, 11) is 0. The number of nitrogens with one attached hydrogen (secondary N) is 1. The van der Waals surface area contributed by atoms with Gasteiger partial charge in [0.25, 0.3) is 0 Å². The fraction of sp³-hybridized carbons (Fsp3) is 0.545. The van der Waals surface area contributed by atoms with Crippen LogP contribution in [0.25, 0.3) is 0 Å². The molecular weight excluding hydrogens is 375 g/mol. The number of carboxylic acids is 1. The van der Waals surface area contributed by atoms with Crippen LogP contribution in [0.4, 0.5) is 9.18 Å². The number of hydrogen-bond acceptors (Lipinski definition) is 4. The lowest BCUT2D eigenvalue weighted by molar-refractivity contribution is -0.139. The summed E-state index contributed by atoms with van der Waals surface area (Å²) in [6.07, 6.45) is 2.99. The zero-order valence-corrected chi connectivity index (χ0v) is 17.4. The number of alkyl carbamates (subject to hydrolysis) is 1. The van der Waals surface area contributed by atoms with Gasteiger partial charge in [-0.05, 0) is 64.3 Å². The number of carbonyl (C=O) groups excluding carboxylic acids is 1. The highest BCUT2D eigenvalue weighted by atomic mass is 19.1.